The number of rotatable bonds is 7. The van der Waals surface area contributed by atoms with Crippen molar-refractivity contribution in [3.05, 3.63) is 12.2 Å². The SMILES string of the molecule is CCc1nncn1CCNC(=NC)NCC1(OC)CCOCC1.I. The molecule has 1 aromatic rings. The molecule has 1 aromatic heterocycles. The predicted octanol–water partition coefficient (Wildman–Crippen LogP) is 0.819. The molecule has 0 aliphatic carbocycles. The van der Waals surface area contributed by atoms with Crippen molar-refractivity contribution in [2.24, 2.45) is 4.99 Å². The topological polar surface area (TPSA) is 85.6 Å². The molecule has 1 fully saturated rings. The molecule has 0 amide bonds. The van der Waals surface area contributed by atoms with E-state index >= 15 is 0 Å². The van der Waals surface area contributed by atoms with Gasteiger partial charge in [0, 0.05) is 66.3 Å². The highest BCUT2D eigenvalue weighted by atomic mass is 127. The summed E-state index contributed by atoms with van der Waals surface area (Å²) in [5.41, 5.74) is -0.167. The maximum atomic E-state index is 5.72. The number of nitrogens with one attached hydrogen (secondary N) is 2. The van der Waals surface area contributed by atoms with Gasteiger partial charge in [0.2, 0.25) is 0 Å². The number of nitrogens with zero attached hydrogens (tertiary/aromatic N) is 4. The van der Waals surface area contributed by atoms with E-state index in [0.29, 0.717) is 0 Å². The number of aryl methyl sites for hydroxylation is 1. The molecule has 0 spiro atoms. The molecule has 8 nitrogen and oxygen atoms in total. The van der Waals surface area contributed by atoms with Gasteiger partial charge in [0.15, 0.2) is 5.96 Å². The monoisotopic (exact) mass is 452 g/mol. The van der Waals surface area contributed by atoms with Gasteiger partial charge >= 0.3 is 0 Å². The number of aliphatic imine (C=N–C) groups is 1. The summed E-state index contributed by atoms with van der Waals surface area (Å²) in [5.74, 6) is 1.77. The van der Waals surface area contributed by atoms with Crippen molar-refractivity contribution in [3.63, 3.8) is 0 Å². The smallest absolute Gasteiger partial charge is 0.191 e. The van der Waals surface area contributed by atoms with Gasteiger partial charge in [0.1, 0.15) is 12.2 Å². The van der Waals surface area contributed by atoms with Crippen LogP contribution in [0.5, 0.6) is 0 Å². The number of ether oxygens (including phenoxy) is 2. The Kier molecular flexibility index (Phi) is 9.52. The van der Waals surface area contributed by atoms with Crippen molar-refractivity contribution in [3.8, 4) is 0 Å². The fourth-order valence-corrected chi connectivity index (χ4v) is 2.70. The van der Waals surface area contributed by atoms with Crippen LogP contribution in [0.4, 0.5) is 0 Å². The van der Waals surface area contributed by atoms with E-state index in [1.807, 2.05) is 0 Å². The number of hydrogen-bond acceptors (Lipinski definition) is 5. The van der Waals surface area contributed by atoms with Crippen LogP contribution in [-0.2, 0) is 22.4 Å². The lowest BCUT2D eigenvalue weighted by molar-refractivity contribution is -0.0855. The van der Waals surface area contributed by atoms with Crippen LogP contribution >= 0.6 is 24.0 Å². The zero-order chi connectivity index (χ0) is 16.5. The maximum absolute atomic E-state index is 5.72. The van der Waals surface area contributed by atoms with Crippen LogP contribution in [0.3, 0.4) is 0 Å². The van der Waals surface area contributed by atoms with E-state index in [-0.39, 0.29) is 29.6 Å². The maximum Gasteiger partial charge on any atom is 0.191 e. The summed E-state index contributed by atoms with van der Waals surface area (Å²) in [6.45, 7) is 5.85. The average molecular weight is 452 g/mol. The van der Waals surface area contributed by atoms with Crippen molar-refractivity contribution in [2.75, 3.05) is 40.5 Å². The summed E-state index contributed by atoms with van der Waals surface area (Å²) < 4.78 is 13.2. The molecule has 24 heavy (non-hydrogen) atoms. The van der Waals surface area contributed by atoms with E-state index < -0.39 is 0 Å². The zero-order valence-corrected chi connectivity index (χ0v) is 17.1. The third-order valence-corrected chi connectivity index (χ3v) is 4.30. The molecule has 2 rings (SSSR count). The summed E-state index contributed by atoms with van der Waals surface area (Å²) in [7, 11) is 3.54. The van der Waals surface area contributed by atoms with Crippen molar-refractivity contribution < 1.29 is 9.47 Å². The largest absolute Gasteiger partial charge is 0.381 e. The Morgan fingerprint density at radius 3 is 2.79 bits per heavy atom. The fourth-order valence-electron chi connectivity index (χ4n) is 2.70. The first-order valence-electron chi connectivity index (χ1n) is 8.17. The Balaban J connectivity index is 0.00000288. The standard InChI is InChI=1S/C15H28N6O2.HI/c1-4-13-20-19-12-21(13)8-7-17-14(16-2)18-11-15(22-3)5-9-23-10-6-15;/h12H,4-11H2,1-3H3,(H2,16,17,18);1H. The number of guanidine groups is 1. The molecule has 0 atom stereocenters. The summed E-state index contributed by atoms with van der Waals surface area (Å²) in [6, 6.07) is 0. The van der Waals surface area contributed by atoms with Crippen LogP contribution in [0.1, 0.15) is 25.6 Å². The Labute approximate surface area is 160 Å². The first kappa shape index (κ1) is 21.1. The third-order valence-electron chi connectivity index (χ3n) is 4.30. The number of aromatic nitrogens is 3. The fraction of sp³-hybridized carbons (Fsp3) is 0.800. The van der Waals surface area contributed by atoms with Crippen LogP contribution < -0.4 is 10.6 Å². The van der Waals surface area contributed by atoms with E-state index in [9.17, 15) is 0 Å². The second-order valence-electron chi connectivity index (χ2n) is 5.65. The first-order valence-corrected chi connectivity index (χ1v) is 8.17. The molecule has 0 saturated carbocycles. The van der Waals surface area contributed by atoms with E-state index in [1.165, 1.54) is 0 Å². The van der Waals surface area contributed by atoms with Crippen molar-refractivity contribution in [1.29, 1.82) is 0 Å². The zero-order valence-electron chi connectivity index (χ0n) is 14.7. The lowest BCUT2D eigenvalue weighted by Gasteiger charge is -2.36. The van der Waals surface area contributed by atoms with Crippen LogP contribution in [0.15, 0.2) is 11.3 Å². The summed E-state index contributed by atoms with van der Waals surface area (Å²) in [6.07, 6.45) is 4.44. The van der Waals surface area contributed by atoms with Gasteiger partial charge in [0.05, 0.1) is 5.60 Å². The minimum absolute atomic E-state index is 0. The van der Waals surface area contributed by atoms with Gasteiger partial charge in [-0.2, -0.15) is 0 Å². The van der Waals surface area contributed by atoms with Crippen LogP contribution in [0.25, 0.3) is 0 Å². The normalized spacial score (nSPS) is 17.2. The number of halogens is 1. The molecule has 0 aromatic carbocycles. The van der Waals surface area contributed by atoms with E-state index in [4.69, 9.17) is 9.47 Å². The van der Waals surface area contributed by atoms with Crippen LogP contribution in [0.2, 0.25) is 0 Å². The first-order chi connectivity index (χ1) is 11.2. The lowest BCUT2D eigenvalue weighted by Crippen LogP contribution is -2.51. The molecule has 0 unspecified atom stereocenters. The Morgan fingerprint density at radius 1 is 1.42 bits per heavy atom. The van der Waals surface area contributed by atoms with Gasteiger partial charge < -0.3 is 24.7 Å². The second-order valence-corrected chi connectivity index (χ2v) is 5.65. The second kappa shape index (κ2) is 10.8. The number of hydrogen-bond donors (Lipinski definition) is 2. The van der Waals surface area contributed by atoms with E-state index in [1.54, 1.807) is 20.5 Å². The van der Waals surface area contributed by atoms with Crippen molar-refractivity contribution >= 4 is 29.9 Å². The summed E-state index contributed by atoms with van der Waals surface area (Å²) >= 11 is 0. The lowest BCUT2D eigenvalue weighted by atomic mass is 9.94. The van der Waals surface area contributed by atoms with Gasteiger partial charge in [-0.3, -0.25) is 4.99 Å². The highest BCUT2D eigenvalue weighted by Gasteiger charge is 2.32. The summed E-state index contributed by atoms with van der Waals surface area (Å²) in [4.78, 5) is 4.27. The Bertz CT molecular complexity index is 502. The van der Waals surface area contributed by atoms with Crippen molar-refractivity contribution in [1.82, 2.24) is 25.4 Å². The van der Waals surface area contributed by atoms with Gasteiger partial charge in [-0.1, -0.05) is 6.92 Å². The van der Waals surface area contributed by atoms with Crippen molar-refractivity contribution in [2.45, 2.75) is 38.3 Å². The van der Waals surface area contributed by atoms with Crippen LogP contribution in [-0.4, -0.2) is 66.8 Å². The molecule has 9 heteroatoms. The molecule has 0 bridgehead atoms. The minimum atomic E-state index is -0.167. The third kappa shape index (κ3) is 5.85. The van der Waals surface area contributed by atoms with Gasteiger partial charge in [-0.25, -0.2) is 0 Å². The molecule has 138 valence electrons. The van der Waals surface area contributed by atoms with E-state index in [2.05, 4.69) is 37.3 Å². The quantitative estimate of drug-likeness (QED) is 0.362. The molecule has 0 radical (unpaired) electrons. The number of methoxy groups -OCH3 is 1. The molecular weight excluding hydrogens is 423 g/mol. The Morgan fingerprint density at radius 2 is 2.17 bits per heavy atom. The van der Waals surface area contributed by atoms with Gasteiger partial charge in [-0.15, -0.1) is 34.2 Å². The highest BCUT2D eigenvalue weighted by molar-refractivity contribution is 14.0. The summed E-state index contributed by atoms with van der Waals surface area (Å²) in [5, 5.41) is 14.7. The molecule has 1 aliphatic heterocycles. The van der Waals surface area contributed by atoms with Crippen LogP contribution in [0, 0.1) is 0 Å². The Hall–Kier alpha value is -0.940. The van der Waals surface area contributed by atoms with Gasteiger partial charge in [-0.05, 0) is 0 Å². The molecule has 1 saturated heterocycles. The molecule has 2 N–H and O–H groups in total. The van der Waals surface area contributed by atoms with Gasteiger partial charge in [0.25, 0.3) is 0 Å². The molecule has 2 heterocycles. The minimum Gasteiger partial charge on any atom is -0.381 e. The predicted molar refractivity (Wildman–Crippen MR) is 104 cm³/mol. The molecule has 1 aliphatic rings. The average Bonchev–Trinajstić information content (AvgIpc) is 3.06. The highest BCUT2D eigenvalue weighted by Crippen LogP contribution is 2.23. The van der Waals surface area contributed by atoms with E-state index in [0.717, 1.165) is 63.9 Å². The molecular formula is C15H29IN6O2.